The molecular formula is C46H36. The Hall–Kier alpha value is -5.46. The summed E-state index contributed by atoms with van der Waals surface area (Å²) in [4.78, 5) is 0. The van der Waals surface area contributed by atoms with E-state index >= 15 is 0 Å². The Balaban J connectivity index is 1.42. The second kappa shape index (κ2) is 11.2. The summed E-state index contributed by atoms with van der Waals surface area (Å²) in [6, 6.07) is 60.2. The van der Waals surface area contributed by atoms with E-state index in [2.05, 4.69) is 185 Å². The van der Waals surface area contributed by atoms with Crippen LogP contribution in [-0.4, -0.2) is 0 Å². The summed E-state index contributed by atoms with van der Waals surface area (Å²) in [5.41, 5.74) is 11.4. The standard InChI is InChI=1S/C46H36/c1-46(2,3)35-28-29-42-43(30-35)44(34-26-24-33(25-27-34)37-23-13-17-32-16-7-8-18-36(32)37)40-21-11-12-22-41(40)45(42)39-20-10-9-19-38(39)31-14-5-4-6-15-31/h4-30H,1-3H3. The third-order valence-electron chi connectivity index (χ3n) is 9.45. The van der Waals surface area contributed by atoms with Gasteiger partial charge in [-0.15, -0.1) is 0 Å². The van der Waals surface area contributed by atoms with E-state index in [-0.39, 0.29) is 5.41 Å². The predicted molar refractivity (Wildman–Crippen MR) is 199 cm³/mol. The molecule has 0 amide bonds. The lowest BCUT2D eigenvalue weighted by Gasteiger charge is -2.23. The Kier molecular flexibility index (Phi) is 6.80. The molecule has 46 heavy (non-hydrogen) atoms. The largest absolute Gasteiger partial charge is 0.0622 e. The highest BCUT2D eigenvalue weighted by molar-refractivity contribution is 6.22. The Morgan fingerprint density at radius 3 is 1.59 bits per heavy atom. The van der Waals surface area contributed by atoms with Gasteiger partial charge in [-0.1, -0.05) is 178 Å². The molecule has 0 heterocycles. The van der Waals surface area contributed by atoms with Crippen LogP contribution in [0.4, 0.5) is 0 Å². The Labute approximate surface area is 271 Å². The average molecular weight is 589 g/mol. The van der Waals surface area contributed by atoms with E-state index in [1.807, 2.05) is 0 Å². The molecule has 0 spiro atoms. The number of benzene rings is 8. The zero-order chi connectivity index (χ0) is 31.3. The summed E-state index contributed by atoms with van der Waals surface area (Å²) >= 11 is 0. The highest BCUT2D eigenvalue weighted by atomic mass is 14.2. The predicted octanol–water partition coefficient (Wildman–Crippen LogP) is 13.1. The van der Waals surface area contributed by atoms with E-state index in [9.17, 15) is 0 Å². The zero-order valence-corrected chi connectivity index (χ0v) is 26.6. The number of fused-ring (bicyclic) bond motifs is 3. The van der Waals surface area contributed by atoms with Crippen LogP contribution in [0.25, 0.3) is 76.8 Å². The van der Waals surface area contributed by atoms with E-state index < -0.39 is 0 Å². The minimum atomic E-state index is 0.0252. The summed E-state index contributed by atoms with van der Waals surface area (Å²) in [5.74, 6) is 0. The molecule has 220 valence electrons. The van der Waals surface area contributed by atoms with Gasteiger partial charge in [0.15, 0.2) is 0 Å². The maximum absolute atomic E-state index is 2.45. The van der Waals surface area contributed by atoms with Crippen LogP contribution in [0.2, 0.25) is 0 Å². The molecule has 0 atom stereocenters. The number of hydrogen-bond acceptors (Lipinski definition) is 0. The quantitative estimate of drug-likeness (QED) is 0.179. The van der Waals surface area contributed by atoms with E-state index in [1.165, 1.54) is 82.4 Å². The maximum atomic E-state index is 2.45. The van der Waals surface area contributed by atoms with Crippen molar-refractivity contribution in [3.05, 3.63) is 169 Å². The Bertz CT molecular complexity index is 2360. The highest BCUT2D eigenvalue weighted by Gasteiger charge is 2.21. The van der Waals surface area contributed by atoms with Gasteiger partial charge in [0.05, 0.1) is 0 Å². The van der Waals surface area contributed by atoms with Gasteiger partial charge in [0, 0.05) is 0 Å². The molecule has 0 radical (unpaired) electrons. The maximum Gasteiger partial charge on any atom is -0.00201 e. The fourth-order valence-electron chi connectivity index (χ4n) is 7.11. The SMILES string of the molecule is CC(C)(C)c1ccc2c(-c3ccccc3-c3ccccc3)c3ccccc3c(-c3ccc(-c4cccc5ccccc45)cc3)c2c1. The van der Waals surface area contributed by atoms with Crippen molar-refractivity contribution in [1.82, 2.24) is 0 Å². The van der Waals surface area contributed by atoms with Gasteiger partial charge in [-0.2, -0.15) is 0 Å². The van der Waals surface area contributed by atoms with Crippen LogP contribution in [-0.2, 0) is 5.41 Å². The van der Waals surface area contributed by atoms with Gasteiger partial charge >= 0.3 is 0 Å². The van der Waals surface area contributed by atoms with Crippen LogP contribution in [0.1, 0.15) is 26.3 Å². The lowest BCUT2D eigenvalue weighted by molar-refractivity contribution is 0.591. The van der Waals surface area contributed by atoms with E-state index in [4.69, 9.17) is 0 Å². The first-order valence-corrected chi connectivity index (χ1v) is 16.2. The second-order valence-corrected chi connectivity index (χ2v) is 13.3. The molecular weight excluding hydrogens is 553 g/mol. The molecule has 8 aromatic carbocycles. The normalized spacial score (nSPS) is 11.8. The van der Waals surface area contributed by atoms with Crippen LogP contribution >= 0.6 is 0 Å². The molecule has 0 unspecified atom stereocenters. The van der Waals surface area contributed by atoms with Crippen molar-refractivity contribution in [2.24, 2.45) is 0 Å². The molecule has 0 aliphatic rings. The number of rotatable bonds is 4. The van der Waals surface area contributed by atoms with Crippen molar-refractivity contribution in [2.45, 2.75) is 26.2 Å². The molecule has 0 aliphatic heterocycles. The highest BCUT2D eigenvalue weighted by Crippen LogP contribution is 2.47. The van der Waals surface area contributed by atoms with Crippen molar-refractivity contribution in [1.29, 1.82) is 0 Å². The minimum Gasteiger partial charge on any atom is -0.0622 e. The lowest BCUT2D eigenvalue weighted by atomic mass is 9.80. The molecule has 0 fully saturated rings. The molecule has 8 rings (SSSR count). The molecule has 0 aromatic heterocycles. The smallest absolute Gasteiger partial charge is 0.00201 e. The van der Waals surface area contributed by atoms with Crippen LogP contribution in [0, 0.1) is 0 Å². The topological polar surface area (TPSA) is 0 Å². The van der Waals surface area contributed by atoms with Gasteiger partial charge < -0.3 is 0 Å². The van der Waals surface area contributed by atoms with Gasteiger partial charge in [-0.25, -0.2) is 0 Å². The van der Waals surface area contributed by atoms with Crippen molar-refractivity contribution in [3.63, 3.8) is 0 Å². The molecule has 0 nitrogen and oxygen atoms in total. The molecule has 0 bridgehead atoms. The third kappa shape index (κ3) is 4.78. The van der Waals surface area contributed by atoms with E-state index in [0.717, 1.165) is 0 Å². The molecule has 0 saturated carbocycles. The van der Waals surface area contributed by atoms with Gasteiger partial charge in [-0.3, -0.25) is 0 Å². The molecule has 0 saturated heterocycles. The van der Waals surface area contributed by atoms with Crippen LogP contribution in [0.5, 0.6) is 0 Å². The molecule has 0 heteroatoms. The fraction of sp³-hybridized carbons (Fsp3) is 0.0870. The Morgan fingerprint density at radius 1 is 0.326 bits per heavy atom. The van der Waals surface area contributed by atoms with Gasteiger partial charge in [-0.05, 0) is 93.9 Å². The van der Waals surface area contributed by atoms with Crippen LogP contribution in [0.15, 0.2) is 164 Å². The van der Waals surface area contributed by atoms with Crippen molar-refractivity contribution >= 4 is 32.3 Å². The summed E-state index contributed by atoms with van der Waals surface area (Å²) in [6.45, 7) is 6.92. The second-order valence-electron chi connectivity index (χ2n) is 13.3. The molecule has 8 aromatic rings. The first-order valence-electron chi connectivity index (χ1n) is 16.2. The summed E-state index contributed by atoms with van der Waals surface area (Å²) in [5, 5.41) is 7.67. The van der Waals surface area contributed by atoms with Gasteiger partial charge in [0.2, 0.25) is 0 Å². The Morgan fingerprint density at radius 2 is 0.848 bits per heavy atom. The van der Waals surface area contributed by atoms with Gasteiger partial charge in [0.25, 0.3) is 0 Å². The molecule has 0 aliphatic carbocycles. The summed E-state index contributed by atoms with van der Waals surface area (Å²) < 4.78 is 0. The van der Waals surface area contributed by atoms with Crippen molar-refractivity contribution in [2.75, 3.05) is 0 Å². The van der Waals surface area contributed by atoms with E-state index in [1.54, 1.807) is 0 Å². The summed E-state index contributed by atoms with van der Waals surface area (Å²) in [6.07, 6.45) is 0. The zero-order valence-electron chi connectivity index (χ0n) is 26.6. The first kappa shape index (κ1) is 28.0. The fourth-order valence-corrected chi connectivity index (χ4v) is 7.11. The monoisotopic (exact) mass is 588 g/mol. The first-order chi connectivity index (χ1) is 22.5. The average Bonchev–Trinajstić information content (AvgIpc) is 3.10. The van der Waals surface area contributed by atoms with E-state index in [0.29, 0.717) is 0 Å². The number of hydrogen-bond donors (Lipinski definition) is 0. The van der Waals surface area contributed by atoms with Crippen LogP contribution < -0.4 is 0 Å². The van der Waals surface area contributed by atoms with Crippen LogP contribution in [0.3, 0.4) is 0 Å². The van der Waals surface area contributed by atoms with Crippen molar-refractivity contribution in [3.8, 4) is 44.5 Å². The molecule has 0 N–H and O–H groups in total. The lowest BCUT2D eigenvalue weighted by Crippen LogP contribution is -2.10. The summed E-state index contributed by atoms with van der Waals surface area (Å²) in [7, 11) is 0. The minimum absolute atomic E-state index is 0.0252. The third-order valence-corrected chi connectivity index (χ3v) is 9.45. The van der Waals surface area contributed by atoms with Gasteiger partial charge in [0.1, 0.15) is 0 Å². The van der Waals surface area contributed by atoms with Crippen molar-refractivity contribution < 1.29 is 0 Å².